The molecule has 0 radical (unpaired) electrons. The van der Waals surface area contributed by atoms with Crippen molar-refractivity contribution in [3.63, 3.8) is 0 Å². The monoisotopic (exact) mass is 410 g/mol. The Hall–Kier alpha value is -2.01. The SMILES string of the molecule is O=Nc1cnc(Br)c(S(=O)(=O)c2ccc(OC(F)(F)F)cc2)c1. The van der Waals surface area contributed by atoms with E-state index in [-0.39, 0.29) is 20.1 Å². The van der Waals surface area contributed by atoms with E-state index in [1.807, 2.05) is 0 Å². The third-order valence-corrected chi connectivity index (χ3v) is 5.23. The van der Waals surface area contributed by atoms with Gasteiger partial charge in [-0.15, -0.1) is 18.1 Å². The van der Waals surface area contributed by atoms with Gasteiger partial charge >= 0.3 is 6.36 Å². The van der Waals surface area contributed by atoms with Crippen molar-refractivity contribution in [3.8, 4) is 5.75 Å². The van der Waals surface area contributed by atoms with E-state index in [1.54, 1.807) is 0 Å². The number of benzene rings is 1. The van der Waals surface area contributed by atoms with Crippen molar-refractivity contribution in [1.29, 1.82) is 0 Å². The van der Waals surface area contributed by atoms with Crippen LogP contribution in [0.15, 0.2) is 56.1 Å². The Balaban J connectivity index is 2.42. The lowest BCUT2D eigenvalue weighted by Crippen LogP contribution is -2.17. The zero-order valence-electron chi connectivity index (χ0n) is 10.9. The Bertz CT molecular complexity index is 838. The van der Waals surface area contributed by atoms with Crippen molar-refractivity contribution in [1.82, 2.24) is 4.98 Å². The van der Waals surface area contributed by atoms with Crippen molar-refractivity contribution in [3.05, 3.63) is 46.0 Å². The minimum atomic E-state index is -4.88. The number of hydrogen-bond acceptors (Lipinski definition) is 6. The van der Waals surface area contributed by atoms with Crippen LogP contribution < -0.4 is 4.74 Å². The Labute approximate surface area is 136 Å². The van der Waals surface area contributed by atoms with Gasteiger partial charge in [0.05, 0.1) is 11.1 Å². The zero-order valence-corrected chi connectivity index (χ0v) is 13.3. The minimum absolute atomic E-state index is 0.0551. The molecule has 2 aromatic rings. The summed E-state index contributed by atoms with van der Waals surface area (Å²) in [4.78, 5) is 13.5. The van der Waals surface area contributed by atoms with Crippen LogP contribution in [0, 0.1) is 4.91 Å². The molecule has 2 rings (SSSR count). The number of nitroso groups, excluding NO2 is 1. The van der Waals surface area contributed by atoms with Crippen LogP contribution in [0.3, 0.4) is 0 Å². The highest BCUT2D eigenvalue weighted by Crippen LogP contribution is 2.31. The normalized spacial score (nSPS) is 12.0. The van der Waals surface area contributed by atoms with Gasteiger partial charge in [0, 0.05) is 0 Å². The van der Waals surface area contributed by atoms with Crippen molar-refractivity contribution >= 4 is 31.5 Å². The van der Waals surface area contributed by atoms with Crippen LogP contribution in [-0.4, -0.2) is 19.8 Å². The van der Waals surface area contributed by atoms with Gasteiger partial charge in [0.1, 0.15) is 20.9 Å². The predicted octanol–water partition coefficient (Wildman–Crippen LogP) is 3.97. The van der Waals surface area contributed by atoms with Crippen LogP contribution in [0.25, 0.3) is 0 Å². The van der Waals surface area contributed by atoms with Crippen LogP contribution in [0.2, 0.25) is 0 Å². The molecule has 6 nitrogen and oxygen atoms in total. The number of nitrogens with zero attached hydrogens (tertiary/aromatic N) is 2. The first-order valence-electron chi connectivity index (χ1n) is 5.73. The number of rotatable bonds is 4. The highest BCUT2D eigenvalue weighted by Gasteiger charge is 2.31. The molecule has 0 unspecified atom stereocenters. The second-order valence-electron chi connectivity index (χ2n) is 4.10. The first-order valence-corrected chi connectivity index (χ1v) is 8.01. The molecule has 0 atom stereocenters. The molecule has 23 heavy (non-hydrogen) atoms. The fourth-order valence-corrected chi connectivity index (χ4v) is 3.76. The number of pyridine rings is 1. The second kappa shape index (κ2) is 6.24. The summed E-state index contributed by atoms with van der Waals surface area (Å²) in [6, 6.07) is 4.63. The summed E-state index contributed by atoms with van der Waals surface area (Å²) in [6.45, 7) is 0. The standard InChI is InChI=1S/C12H6BrF3N2O4S/c13-11-10(5-7(18-19)6-17-11)23(20,21)9-3-1-8(2-4-9)22-12(14,15)16/h1-6H. The molecular formula is C12H6BrF3N2O4S. The molecule has 0 aliphatic rings. The summed E-state index contributed by atoms with van der Waals surface area (Å²) >= 11 is 2.94. The number of halogens is 4. The van der Waals surface area contributed by atoms with Gasteiger partial charge in [-0.2, -0.15) is 0 Å². The van der Waals surface area contributed by atoms with E-state index >= 15 is 0 Å². The van der Waals surface area contributed by atoms with Gasteiger partial charge in [0.15, 0.2) is 0 Å². The minimum Gasteiger partial charge on any atom is -0.406 e. The van der Waals surface area contributed by atoms with Gasteiger partial charge in [-0.3, -0.25) is 0 Å². The Kier molecular flexibility index (Phi) is 4.71. The van der Waals surface area contributed by atoms with E-state index in [2.05, 4.69) is 30.8 Å². The Morgan fingerprint density at radius 1 is 1.17 bits per heavy atom. The van der Waals surface area contributed by atoms with Gasteiger partial charge in [0.2, 0.25) is 9.84 Å². The van der Waals surface area contributed by atoms with Gasteiger partial charge < -0.3 is 4.74 Å². The van der Waals surface area contributed by atoms with Crippen molar-refractivity contribution < 1.29 is 26.3 Å². The highest BCUT2D eigenvalue weighted by molar-refractivity contribution is 9.10. The van der Waals surface area contributed by atoms with Crippen LogP contribution in [0.5, 0.6) is 5.75 Å². The van der Waals surface area contributed by atoms with E-state index in [4.69, 9.17) is 0 Å². The summed E-state index contributed by atoms with van der Waals surface area (Å²) in [5, 5.41) is 2.59. The van der Waals surface area contributed by atoms with E-state index in [1.165, 1.54) is 0 Å². The molecule has 0 saturated carbocycles. The van der Waals surface area contributed by atoms with Crippen molar-refractivity contribution in [2.75, 3.05) is 0 Å². The zero-order chi connectivity index (χ0) is 17.3. The fourth-order valence-electron chi connectivity index (χ4n) is 1.60. The van der Waals surface area contributed by atoms with Crippen LogP contribution in [-0.2, 0) is 9.84 Å². The van der Waals surface area contributed by atoms with E-state index in [0.29, 0.717) is 0 Å². The number of alkyl halides is 3. The fraction of sp³-hybridized carbons (Fsp3) is 0.0833. The van der Waals surface area contributed by atoms with Crippen molar-refractivity contribution in [2.24, 2.45) is 5.18 Å². The van der Waals surface area contributed by atoms with E-state index in [0.717, 1.165) is 36.5 Å². The summed E-state index contributed by atoms with van der Waals surface area (Å²) in [5.74, 6) is -0.558. The molecular weight excluding hydrogens is 405 g/mol. The lowest BCUT2D eigenvalue weighted by Gasteiger charge is -2.10. The van der Waals surface area contributed by atoms with E-state index < -0.39 is 21.9 Å². The molecule has 0 aliphatic carbocycles. The second-order valence-corrected chi connectivity index (χ2v) is 6.77. The summed E-state index contributed by atoms with van der Waals surface area (Å²) in [5.41, 5.74) is -0.205. The number of aromatic nitrogens is 1. The molecule has 1 aromatic carbocycles. The first kappa shape index (κ1) is 17.3. The highest BCUT2D eigenvalue weighted by atomic mass is 79.9. The van der Waals surface area contributed by atoms with Crippen LogP contribution in [0.4, 0.5) is 18.9 Å². The van der Waals surface area contributed by atoms with Gasteiger partial charge in [-0.1, -0.05) is 0 Å². The lowest BCUT2D eigenvalue weighted by molar-refractivity contribution is -0.274. The van der Waals surface area contributed by atoms with Crippen molar-refractivity contribution in [2.45, 2.75) is 16.2 Å². The molecule has 0 amide bonds. The Morgan fingerprint density at radius 2 is 1.78 bits per heavy atom. The maximum atomic E-state index is 12.4. The van der Waals surface area contributed by atoms with Gasteiger partial charge in [-0.05, 0) is 51.4 Å². The Morgan fingerprint density at radius 3 is 2.30 bits per heavy atom. The molecule has 0 fully saturated rings. The maximum absolute atomic E-state index is 12.4. The molecule has 122 valence electrons. The quantitative estimate of drug-likeness (QED) is 0.562. The molecule has 0 bridgehead atoms. The number of ether oxygens (including phenoxy) is 1. The molecule has 0 N–H and O–H groups in total. The third kappa shape index (κ3) is 4.05. The molecule has 0 spiro atoms. The smallest absolute Gasteiger partial charge is 0.406 e. The topological polar surface area (TPSA) is 85.7 Å². The van der Waals surface area contributed by atoms with Gasteiger partial charge in [-0.25, -0.2) is 13.4 Å². The maximum Gasteiger partial charge on any atom is 0.573 e. The molecule has 1 heterocycles. The average Bonchev–Trinajstić information content (AvgIpc) is 2.46. The number of hydrogen-bond donors (Lipinski definition) is 0. The van der Waals surface area contributed by atoms with Crippen LogP contribution in [0.1, 0.15) is 0 Å². The molecule has 1 aromatic heterocycles. The summed E-state index contributed by atoms with van der Waals surface area (Å²) in [6.07, 6.45) is -3.81. The molecule has 11 heteroatoms. The average molecular weight is 411 g/mol. The molecule has 0 saturated heterocycles. The van der Waals surface area contributed by atoms with Crippen LogP contribution >= 0.6 is 15.9 Å². The third-order valence-electron chi connectivity index (χ3n) is 2.56. The van der Waals surface area contributed by atoms with Gasteiger partial charge in [0.25, 0.3) is 0 Å². The summed E-state index contributed by atoms with van der Waals surface area (Å²) in [7, 11) is -4.11. The summed E-state index contributed by atoms with van der Waals surface area (Å²) < 4.78 is 64.7. The predicted molar refractivity (Wildman–Crippen MR) is 76.0 cm³/mol. The number of sulfone groups is 1. The lowest BCUT2D eigenvalue weighted by atomic mass is 10.3. The molecule has 0 aliphatic heterocycles. The first-order chi connectivity index (χ1) is 10.6. The van der Waals surface area contributed by atoms with E-state index in [9.17, 15) is 26.5 Å². The largest absolute Gasteiger partial charge is 0.573 e.